The summed E-state index contributed by atoms with van der Waals surface area (Å²) in [7, 11) is 0. The third-order valence-electron chi connectivity index (χ3n) is 12.9. The minimum Gasteiger partial charge on any atom is -0.368 e. The van der Waals surface area contributed by atoms with E-state index in [4.69, 9.17) is 5.26 Å². The monoisotopic (exact) mass is 798 g/mol. The van der Waals surface area contributed by atoms with Crippen molar-refractivity contribution in [2.24, 2.45) is 11.8 Å². The lowest BCUT2D eigenvalue weighted by Gasteiger charge is -2.47. The Morgan fingerprint density at radius 2 is 1.47 bits per heavy atom. The fourth-order valence-corrected chi connectivity index (χ4v) is 9.24. The van der Waals surface area contributed by atoms with Gasteiger partial charge in [0, 0.05) is 88.4 Å². The summed E-state index contributed by atoms with van der Waals surface area (Å²) in [5, 5.41) is 18.3. The molecule has 9 rings (SSSR count). The number of hydrogen-bond donors (Lipinski definition) is 2. The van der Waals surface area contributed by atoms with Crippen molar-refractivity contribution in [3.63, 3.8) is 0 Å². The van der Waals surface area contributed by atoms with E-state index in [2.05, 4.69) is 35.3 Å². The second kappa shape index (κ2) is 13.7. The number of benzene rings is 2. The van der Waals surface area contributed by atoms with Gasteiger partial charge in [-0.25, -0.2) is 0 Å². The van der Waals surface area contributed by atoms with Gasteiger partial charge < -0.3 is 15.1 Å². The molecule has 2 N–H and O–H groups in total. The summed E-state index contributed by atoms with van der Waals surface area (Å²) in [6, 6.07) is 9.69. The SMILES string of the molecule is CC(C)(C(=O)Nc1ccc(C#N)c(C(F)(F)F)c1)n1cc(N2CC(N3CC4CN(C5CN(c6ccc7c(c6)C(=O)N(C6CCC(=O)NC6=O)C7=O)C5)CC4C3)C2)cn1. The molecule has 0 saturated carbocycles. The number of alkyl halides is 3. The third-order valence-corrected chi connectivity index (χ3v) is 12.9. The van der Waals surface area contributed by atoms with Crippen LogP contribution < -0.4 is 20.4 Å². The van der Waals surface area contributed by atoms with Gasteiger partial charge in [0.25, 0.3) is 17.7 Å². The molecule has 0 aliphatic carbocycles. The van der Waals surface area contributed by atoms with Crippen LogP contribution in [0.2, 0.25) is 0 Å². The molecule has 58 heavy (non-hydrogen) atoms. The zero-order valence-electron chi connectivity index (χ0n) is 31.8. The molecule has 6 aliphatic heterocycles. The van der Waals surface area contributed by atoms with E-state index in [1.165, 1.54) is 10.7 Å². The Morgan fingerprint density at radius 3 is 2.07 bits per heavy atom. The van der Waals surface area contributed by atoms with Crippen molar-refractivity contribution in [3.05, 3.63) is 71.0 Å². The van der Waals surface area contributed by atoms with E-state index in [0.717, 1.165) is 80.8 Å². The average molecular weight is 799 g/mol. The number of rotatable bonds is 8. The topological polar surface area (TPSA) is 167 Å². The molecule has 0 spiro atoms. The normalized spacial score (nSPS) is 24.4. The summed E-state index contributed by atoms with van der Waals surface area (Å²) in [6.07, 6.45) is -1.06. The highest BCUT2D eigenvalue weighted by molar-refractivity contribution is 6.23. The molecule has 5 fully saturated rings. The van der Waals surface area contributed by atoms with Crippen LogP contribution in [-0.2, 0) is 26.1 Å². The zero-order valence-corrected chi connectivity index (χ0v) is 31.8. The van der Waals surface area contributed by atoms with Crippen molar-refractivity contribution < 1.29 is 37.1 Å². The minimum absolute atomic E-state index is 0.0633. The second-order valence-corrected chi connectivity index (χ2v) is 16.7. The van der Waals surface area contributed by atoms with E-state index in [9.17, 15) is 37.1 Å². The summed E-state index contributed by atoms with van der Waals surface area (Å²) in [5.41, 5.74) is -0.617. The van der Waals surface area contributed by atoms with Crippen molar-refractivity contribution in [1.82, 2.24) is 29.8 Å². The van der Waals surface area contributed by atoms with E-state index in [-0.39, 0.29) is 29.7 Å². The standard InChI is InChI=1S/C40H41F3N10O5/c1-39(2,38(58)46-25-4-3-22(11-44)32(9-25)40(41,42)43)52-21-27(12-45-52)51-19-29(20-51)49-15-23-13-48(14-24(23)16-49)28-17-50(18-28)26-5-6-30-31(10-26)37(57)53(36(30)56)33-7-8-34(54)47-35(33)55/h3-6,9-10,12,21,23-24,28-29,33H,7-8,13-20H2,1-2H3,(H,46,58)(H,47,54,55). The molecule has 5 amide bonds. The lowest BCUT2D eigenvalue weighted by atomic mass is 10.0. The Hall–Kier alpha value is -5.80. The number of aromatic nitrogens is 2. The van der Waals surface area contributed by atoms with E-state index in [1.807, 2.05) is 6.07 Å². The first-order valence-electron chi connectivity index (χ1n) is 19.4. The molecule has 6 aliphatic rings. The van der Waals surface area contributed by atoms with Crippen LogP contribution in [0.3, 0.4) is 0 Å². The van der Waals surface area contributed by atoms with E-state index >= 15 is 0 Å². The van der Waals surface area contributed by atoms with E-state index < -0.39 is 58.4 Å². The quantitative estimate of drug-likeness (QED) is 0.322. The van der Waals surface area contributed by atoms with Gasteiger partial charge in [0.2, 0.25) is 11.8 Å². The number of hydrogen-bond acceptors (Lipinski definition) is 11. The van der Waals surface area contributed by atoms with Crippen molar-refractivity contribution in [1.29, 1.82) is 5.26 Å². The number of anilines is 3. The van der Waals surface area contributed by atoms with Gasteiger partial charge in [0.15, 0.2) is 0 Å². The van der Waals surface area contributed by atoms with Gasteiger partial charge in [0.1, 0.15) is 11.6 Å². The molecular formula is C40H41F3N10O5. The summed E-state index contributed by atoms with van der Waals surface area (Å²) in [4.78, 5) is 74.2. The highest BCUT2D eigenvalue weighted by Crippen LogP contribution is 2.39. The maximum Gasteiger partial charge on any atom is 0.417 e. The Bertz CT molecular complexity index is 2280. The molecule has 15 nitrogen and oxygen atoms in total. The zero-order chi connectivity index (χ0) is 40.8. The predicted octanol–water partition coefficient (Wildman–Crippen LogP) is 2.49. The van der Waals surface area contributed by atoms with Crippen molar-refractivity contribution >= 4 is 46.6 Å². The molecule has 3 atom stereocenters. The third kappa shape index (κ3) is 6.36. The molecular weight excluding hydrogens is 757 g/mol. The number of fused-ring (bicyclic) bond motifs is 2. The fourth-order valence-electron chi connectivity index (χ4n) is 9.24. The lowest BCUT2D eigenvalue weighted by molar-refractivity contribution is -0.138. The van der Waals surface area contributed by atoms with Gasteiger partial charge >= 0.3 is 6.18 Å². The number of nitriles is 1. The van der Waals surface area contributed by atoms with Gasteiger partial charge in [-0.1, -0.05) is 0 Å². The Balaban J connectivity index is 0.740. The number of piperidine rings is 1. The van der Waals surface area contributed by atoms with Gasteiger partial charge in [-0.15, -0.1) is 0 Å². The molecule has 1 aromatic heterocycles. The first-order chi connectivity index (χ1) is 27.6. The molecule has 18 heteroatoms. The highest BCUT2D eigenvalue weighted by atomic mass is 19.4. The van der Waals surface area contributed by atoms with Gasteiger partial charge in [-0.2, -0.15) is 23.5 Å². The van der Waals surface area contributed by atoms with Crippen molar-refractivity contribution in [2.75, 3.05) is 67.5 Å². The maximum absolute atomic E-state index is 13.5. The van der Waals surface area contributed by atoms with Crippen molar-refractivity contribution in [2.45, 2.75) is 56.5 Å². The molecule has 302 valence electrons. The number of carbonyl (C=O) groups excluding carboxylic acids is 5. The molecule has 5 saturated heterocycles. The molecule has 0 radical (unpaired) electrons. The van der Waals surface area contributed by atoms with Crippen LogP contribution in [0.5, 0.6) is 0 Å². The summed E-state index contributed by atoms with van der Waals surface area (Å²) < 4.78 is 41.9. The Kier molecular flexibility index (Phi) is 8.89. The maximum atomic E-state index is 13.5. The summed E-state index contributed by atoms with van der Waals surface area (Å²) in [5.74, 6) is -1.43. The van der Waals surface area contributed by atoms with E-state index in [1.54, 1.807) is 44.4 Å². The van der Waals surface area contributed by atoms with E-state index in [0.29, 0.717) is 23.9 Å². The highest BCUT2D eigenvalue weighted by Gasteiger charge is 2.49. The predicted molar refractivity (Wildman–Crippen MR) is 202 cm³/mol. The number of carbonyl (C=O) groups is 5. The van der Waals surface area contributed by atoms with Gasteiger partial charge in [-0.05, 0) is 68.5 Å². The molecule has 3 unspecified atom stereocenters. The first-order valence-corrected chi connectivity index (χ1v) is 19.4. The molecule has 3 aromatic rings. The summed E-state index contributed by atoms with van der Waals surface area (Å²) >= 11 is 0. The Labute approximate surface area is 331 Å². The summed E-state index contributed by atoms with van der Waals surface area (Å²) in [6.45, 7) is 10.7. The first kappa shape index (κ1) is 37.8. The lowest BCUT2D eigenvalue weighted by Crippen LogP contribution is -2.61. The number of nitrogens with one attached hydrogen (secondary N) is 2. The molecule has 7 heterocycles. The largest absolute Gasteiger partial charge is 0.417 e. The van der Waals surface area contributed by atoms with Crippen LogP contribution >= 0.6 is 0 Å². The van der Waals surface area contributed by atoms with Crippen LogP contribution in [0.4, 0.5) is 30.2 Å². The van der Waals surface area contributed by atoms with Crippen molar-refractivity contribution in [3.8, 4) is 6.07 Å². The van der Waals surface area contributed by atoms with Crippen LogP contribution in [0, 0.1) is 23.2 Å². The Morgan fingerprint density at radius 1 is 0.845 bits per heavy atom. The van der Waals surface area contributed by atoms with Crippen LogP contribution in [0.15, 0.2) is 48.8 Å². The number of amides is 5. The van der Waals surface area contributed by atoms with Crippen LogP contribution in [0.25, 0.3) is 0 Å². The van der Waals surface area contributed by atoms with Crippen LogP contribution in [0.1, 0.15) is 58.5 Å². The minimum atomic E-state index is -4.74. The number of likely N-dealkylation sites (tertiary alicyclic amines) is 2. The number of nitrogens with zero attached hydrogens (tertiary/aromatic N) is 8. The van der Waals surface area contributed by atoms with Gasteiger partial charge in [-0.3, -0.25) is 48.7 Å². The second-order valence-electron chi connectivity index (χ2n) is 16.7. The fraction of sp³-hybridized carbons (Fsp3) is 0.475. The smallest absolute Gasteiger partial charge is 0.368 e. The molecule has 2 aromatic carbocycles. The molecule has 0 bridgehead atoms. The number of halogens is 3. The van der Waals surface area contributed by atoms with Crippen LogP contribution in [-0.4, -0.2) is 124 Å². The average Bonchev–Trinajstić information content (AvgIpc) is 3.91. The van der Waals surface area contributed by atoms with Gasteiger partial charge in [0.05, 0.1) is 40.2 Å². The number of imide groups is 2.